The van der Waals surface area contributed by atoms with Gasteiger partial charge in [0.15, 0.2) is 0 Å². The fraction of sp³-hybridized carbons (Fsp3) is 0.0769. The Kier molecular flexibility index (Phi) is 2.02. The Morgan fingerprint density at radius 1 is 1.12 bits per heavy atom. The molecule has 3 aliphatic carbocycles. The first-order chi connectivity index (χ1) is 8.12. The first-order valence-electron chi connectivity index (χ1n) is 4.73. The van der Waals surface area contributed by atoms with Gasteiger partial charge in [0.25, 0.3) is 0 Å². The lowest BCUT2D eigenvalue weighted by atomic mass is 9.80. The van der Waals surface area contributed by atoms with Gasteiger partial charge in [0.05, 0.1) is 21.1 Å². The van der Waals surface area contributed by atoms with E-state index in [9.17, 15) is 10.5 Å². The second-order valence-electron chi connectivity index (χ2n) is 3.79. The summed E-state index contributed by atoms with van der Waals surface area (Å²) in [5, 5.41) is 18.7. The summed E-state index contributed by atoms with van der Waals surface area (Å²) in [5.41, 5.74) is 7.98. The predicted octanol–water partition coefficient (Wildman–Crippen LogP) is 3.52. The summed E-state index contributed by atoms with van der Waals surface area (Å²) in [6.45, 7) is 0. The van der Waals surface area contributed by atoms with Gasteiger partial charge in [-0.3, -0.25) is 0 Å². The van der Waals surface area contributed by atoms with Crippen LogP contribution < -0.4 is 0 Å². The molecule has 0 radical (unpaired) electrons. The van der Waals surface area contributed by atoms with Crippen LogP contribution in [0.2, 0.25) is 0 Å². The lowest BCUT2D eigenvalue weighted by Crippen LogP contribution is -2.17. The van der Waals surface area contributed by atoms with Crippen LogP contribution in [0.4, 0.5) is 0 Å². The molecule has 0 spiro atoms. The van der Waals surface area contributed by atoms with Crippen molar-refractivity contribution < 1.29 is 0 Å². The lowest BCUT2D eigenvalue weighted by molar-refractivity contribution is 0.795. The number of hydrogen-bond acceptors (Lipinski definition) is 2. The van der Waals surface area contributed by atoms with Crippen LogP contribution in [-0.2, 0) is 0 Å². The van der Waals surface area contributed by atoms with E-state index in [1.54, 1.807) is 6.08 Å². The molecule has 0 aliphatic heterocycles. The molecular formula is C13H2Br2N2. The molecule has 78 valence electrons. The van der Waals surface area contributed by atoms with E-state index in [0.29, 0.717) is 11.1 Å². The molecule has 3 rings (SSSR count). The number of fused-ring (bicyclic) bond motifs is 1. The van der Waals surface area contributed by atoms with E-state index in [2.05, 4.69) is 55.5 Å². The molecule has 2 nitrogen and oxygen atoms in total. The fourth-order valence-corrected chi connectivity index (χ4v) is 3.12. The third-order valence-electron chi connectivity index (χ3n) is 2.96. The molecule has 17 heavy (non-hydrogen) atoms. The van der Waals surface area contributed by atoms with Crippen LogP contribution in [0.25, 0.3) is 0 Å². The molecule has 0 aromatic heterocycles. The summed E-state index contributed by atoms with van der Waals surface area (Å²) >= 11 is 6.75. The largest absolute Gasteiger partial charge is 0.201 e. The molecule has 0 aromatic rings. The number of hydrogen-bond donors (Lipinski definition) is 0. The molecular weight excluding hydrogens is 344 g/mol. The van der Waals surface area contributed by atoms with Crippen molar-refractivity contribution in [2.24, 2.45) is 5.41 Å². The summed E-state index contributed by atoms with van der Waals surface area (Å²) in [7, 11) is 0. The van der Waals surface area contributed by atoms with Crippen LogP contribution in [-0.4, -0.2) is 0 Å². The highest BCUT2D eigenvalue weighted by Crippen LogP contribution is 2.53. The maximum atomic E-state index is 9.36. The van der Waals surface area contributed by atoms with E-state index in [1.807, 2.05) is 6.08 Å². The number of nitrogens with zero attached hydrogens (tertiary/aromatic N) is 2. The van der Waals surface area contributed by atoms with Crippen molar-refractivity contribution in [2.45, 2.75) is 0 Å². The Morgan fingerprint density at radius 2 is 1.82 bits per heavy atom. The van der Waals surface area contributed by atoms with Crippen molar-refractivity contribution in [3.05, 3.63) is 54.9 Å². The minimum Gasteiger partial charge on any atom is -0.196 e. The van der Waals surface area contributed by atoms with E-state index in [4.69, 9.17) is 0 Å². The Bertz CT molecular complexity index is 736. The predicted molar refractivity (Wildman–Crippen MR) is 68.8 cm³/mol. The molecule has 3 aliphatic rings. The van der Waals surface area contributed by atoms with Crippen LogP contribution in [0.15, 0.2) is 54.9 Å². The van der Waals surface area contributed by atoms with Gasteiger partial charge in [-0.1, -0.05) is 11.5 Å². The molecule has 0 N–H and O–H groups in total. The highest BCUT2D eigenvalue weighted by molar-refractivity contribution is 9.12. The Morgan fingerprint density at radius 3 is 2.47 bits per heavy atom. The van der Waals surface area contributed by atoms with Gasteiger partial charge in [-0.25, -0.2) is 0 Å². The number of nitriles is 2. The van der Waals surface area contributed by atoms with Crippen molar-refractivity contribution in [1.29, 1.82) is 10.5 Å². The molecule has 0 fully saturated rings. The summed E-state index contributed by atoms with van der Waals surface area (Å²) < 4.78 is 1.46. The van der Waals surface area contributed by atoms with Gasteiger partial charge in [-0.2, -0.15) is 10.5 Å². The summed E-state index contributed by atoms with van der Waals surface area (Å²) in [5.74, 6) is 0. The SMILES string of the molecule is N#CC1(C#N)C2=C=C(Br)C3=C=C(Br)C=C1C=C32. The molecule has 0 aromatic carbocycles. The molecule has 0 unspecified atom stereocenters. The van der Waals surface area contributed by atoms with Gasteiger partial charge in [0.2, 0.25) is 5.41 Å². The van der Waals surface area contributed by atoms with Crippen molar-refractivity contribution in [1.82, 2.24) is 0 Å². The zero-order valence-corrected chi connectivity index (χ0v) is 11.5. The van der Waals surface area contributed by atoms with Gasteiger partial charge in [0.1, 0.15) is 0 Å². The fourth-order valence-electron chi connectivity index (χ4n) is 2.16. The average Bonchev–Trinajstić information content (AvgIpc) is 2.68. The average molecular weight is 346 g/mol. The molecule has 0 heterocycles. The minimum absolute atomic E-state index is 0.628. The van der Waals surface area contributed by atoms with Gasteiger partial charge >= 0.3 is 0 Å². The van der Waals surface area contributed by atoms with Gasteiger partial charge in [0, 0.05) is 16.7 Å². The lowest BCUT2D eigenvalue weighted by Gasteiger charge is -2.15. The molecule has 0 atom stereocenters. The quantitative estimate of drug-likeness (QED) is 0.630. The smallest absolute Gasteiger partial charge is 0.196 e. The standard InChI is InChI=1S/C13H2Br2N2/c14-8-1-7-2-9-10(3-8)12(15)4-11(9)13(7,5-16)6-17/h1-2H. The maximum absolute atomic E-state index is 9.36. The minimum atomic E-state index is -1.24. The zero-order valence-electron chi connectivity index (χ0n) is 8.31. The second-order valence-corrected chi connectivity index (χ2v) is 5.44. The summed E-state index contributed by atoms with van der Waals surface area (Å²) in [6.07, 6.45) is 3.62. The Hall–Kier alpha value is -1.54. The van der Waals surface area contributed by atoms with Crippen molar-refractivity contribution in [3.63, 3.8) is 0 Å². The summed E-state index contributed by atoms with van der Waals surface area (Å²) in [4.78, 5) is 0. The molecule has 2 bridgehead atoms. The van der Waals surface area contributed by atoms with E-state index < -0.39 is 5.41 Å². The number of allylic oxidation sites excluding steroid dienone is 6. The van der Waals surface area contributed by atoms with Gasteiger partial charge in [-0.15, -0.1) is 0 Å². The van der Waals surface area contributed by atoms with E-state index in [-0.39, 0.29) is 0 Å². The van der Waals surface area contributed by atoms with Crippen LogP contribution in [0.3, 0.4) is 0 Å². The first-order valence-corrected chi connectivity index (χ1v) is 6.32. The maximum Gasteiger partial charge on any atom is 0.201 e. The normalized spacial score (nSPS) is 22.1. The molecule has 4 heteroatoms. The van der Waals surface area contributed by atoms with E-state index >= 15 is 0 Å². The number of halogens is 2. The van der Waals surface area contributed by atoms with Crippen LogP contribution in [0, 0.1) is 28.1 Å². The van der Waals surface area contributed by atoms with E-state index in [0.717, 1.165) is 20.1 Å². The van der Waals surface area contributed by atoms with Gasteiger partial charge in [-0.05, 0) is 49.6 Å². The van der Waals surface area contributed by atoms with Crippen LogP contribution >= 0.6 is 31.9 Å². The topological polar surface area (TPSA) is 47.6 Å². The molecule has 0 saturated carbocycles. The van der Waals surface area contributed by atoms with Crippen LogP contribution in [0.1, 0.15) is 0 Å². The highest BCUT2D eigenvalue weighted by atomic mass is 79.9. The third kappa shape index (κ3) is 1.14. The Balaban J connectivity index is 2.49. The van der Waals surface area contributed by atoms with Crippen molar-refractivity contribution >= 4 is 31.9 Å². The second kappa shape index (κ2) is 3.23. The molecule has 0 saturated heterocycles. The highest BCUT2D eigenvalue weighted by Gasteiger charge is 2.48. The zero-order chi connectivity index (χ0) is 12.2. The molecule has 0 amide bonds. The number of rotatable bonds is 0. The third-order valence-corrected chi connectivity index (χ3v) is 3.98. The van der Waals surface area contributed by atoms with Gasteiger partial charge < -0.3 is 0 Å². The van der Waals surface area contributed by atoms with E-state index in [1.165, 1.54) is 0 Å². The summed E-state index contributed by atoms with van der Waals surface area (Å²) in [6, 6.07) is 4.21. The van der Waals surface area contributed by atoms with Crippen LogP contribution in [0.5, 0.6) is 0 Å². The van der Waals surface area contributed by atoms with Crippen molar-refractivity contribution in [3.8, 4) is 12.1 Å². The van der Waals surface area contributed by atoms with Crippen molar-refractivity contribution in [2.75, 3.05) is 0 Å². The first kappa shape index (κ1) is 10.6. The monoisotopic (exact) mass is 344 g/mol. The Labute approximate surface area is 114 Å².